The molecule has 0 radical (unpaired) electrons. The second kappa shape index (κ2) is 7.53. The van der Waals surface area contributed by atoms with Crippen molar-refractivity contribution >= 4 is 39.8 Å². The average Bonchev–Trinajstić information content (AvgIpc) is 2.54. The van der Waals surface area contributed by atoms with Crippen molar-refractivity contribution in [1.82, 2.24) is 4.83 Å². The zero-order chi connectivity index (χ0) is 19.6. The summed E-state index contributed by atoms with van der Waals surface area (Å²) in [6.07, 6.45) is 1.06. The van der Waals surface area contributed by atoms with Gasteiger partial charge < -0.3 is 9.79 Å². The summed E-state index contributed by atoms with van der Waals surface area (Å²) >= 11 is 2.82. The summed E-state index contributed by atoms with van der Waals surface area (Å²) in [7, 11) is -9.57. The van der Waals surface area contributed by atoms with Gasteiger partial charge in [0.05, 0.1) is 11.1 Å². The molecular weight excluding hydrogens is 457 g/mol. The van der Waals surface area contributed by atoms with Gasteiger partial charge in [-0.25, -0.2) is 4.83 Å². The third-order valence-corrected chi connectivity index (χ3v) is 5.99. The van der Waals surface area contributed by atoms with Crippen LogP contribution in [0.1, 0.15) is 11.1 Å². The number of benzene rings is 2. The summed E-state index contributed by atoms with van der Waals surface area (Å²) in [4.78, 5) is 19.5. The molecule has 7 nitrogen and oxygen atoms in total. The van der Waals surface area contributed by atoms with Crippen LogP contribution in [-0.4, -0.2) is 24.4 Å². The molecule has 0 heterocycles. The highest BCUT2D eigenvalue weighted by Crippen LogP contribution is 2.60. The van der Waals surface area contributed by atoms with E-state index in [1.165, 1.54) is 24.3 Å². The molecule has 26 heavy (non-hydrogen) atoms. The van der Waals surface area contributed by atoms with Gasteiger partial charge in [0.1, 0.15) is 0 Å². The fraction of sp³-hybridized carbons (Fsp3) is 0.0714. The first kappa shape index (κ1) is 20.7. The van der Waals surface area contributed by atoms with Crippen molar-refractivity contribution in [3.05, 3.63) is 64.1 Å². The van der Waals surface area contributed by atoms with Crippen LogP contribution in [-0.2, 0) is 20.3 Å². The Morgan fingerprint density at radius 2 is 1.77 bits per heavy atom. The highest BCUT2D eigenvalue weighted by atomic mass is 79.9. The van der Waals surface area contributed by atoms with Crippen molar-refractivity contribution in [2.75, 3.05) is 0 Å². The highest BCUT2D eigenvalue weighted by molar-refractivity contribution is 9.10. The summed E-state index contributed by atoms with van der Waals surface area (Å²) in [6.45, 7) is 0. The predicted molar refractivity (Wildman–Crippen MR) is 94.4 cm³/mol. The van der Waals surface area contributed by atoms with Gasteiger partial charge in [0.2, 0.25) is 0 Å². The first-order chi connectivity index (χ1) is 11.9. The zero-order valence-electron chi connectivity index (χ0n) is 12.8. The number of sulfonamides is 1. The van der Waals surface area contributed by atoms with Crippen LogP contribution in [0.15, 0.2) is 63.0 Å². The van der Waals surface area contributed by atoms with Gasteiger partial charge >= 0.3 is 13.3 Å². The van der Waals surface area contributed by atoms with Crippen LogP contribution < -0.4 is 4.83 Å². The maximum Gasteiger partial charge on any atom is 0.399 e. The second-order valence-corrected chi connectivity index (χ2v) is 9.16. The molecule has 0 saturated carbocycles. The number of alkyl halides is 2. The molecule has 0 aromatic heterocycles. The van der Waals surface area contributed by atoms with E-state index in [9.17, 15) is 21.8 Å². The maximum absolute atomic E-state index is 13.7. The third-order valence-electron chi connectivity index (χ3n) is 3.12. The SMILES string of the molecule is O=P(O)(O)C(F)(F)c1ccc(/C=N\NS(=O)(=O)c2ccccc2)cc1Br. The van der Waals surface area contributed by atoms with E-state index in [-0.39, 0.29) is 14.9 Å². The van der Waals surface area contributed by atoms with Crippen molar-refractivity contribution in [2.24, 2.45) is 5.10 Å². The lowest BCUT2D eigenvalue weighted by molar-refractivity contribution is 0.0557. The monoisotopic (exact) mass is 468 g/mol. The van der Waals surface area contributed by atoms with Gasteiger partial charge in [0, 0.05) is 10.0 Å². The molecule has 12 heteroatoms. The van der Waals surface area contributed by atoms with E-state index in [4.69, 9.17) is 9.79 Å². The lowest BCUT2D eigenvalue weighted by atomic mass is 10.1. The Morgan fingerprint density at radius 1 is 1.15 bits per heavy atom. The zero-order valence-corrected chi connectivity index (χ0v) is 16.0. The molecular formula is C14H12BrF2N2O5PS. The van der Waals surface area contributed by atoms with Gasteiger partial charge in [-0.3, -0.25) is 4.57 Å². The van der Waals surface area contributed by atoms with Crippen LogP contribution in [0.4, 0.5) is 8.78 Å². The summed E-state index contributed by atoms with van der Waals surface area (Å²) in [5, 5.41) is 3.55. The van der Waals surface area contributed by atoms with Crippen LogP contribution in [0, 0.1) is 0 Å². The van der Waals surface area contributed by atoms with Gasteiger partial charge in [-0.1, -0.05) is 46.3 Å². The molecule has 2 aromatic rings. The summed E-state index contributed by atoms with van der Waals surface area (Å²) in [6, 6.07) is 10.5. The lowest BCUT2D eigenvalue weighted by Crippen LogP contribution is -2.18. The van der Waals surface area contributed by atoms with Crippen molar-refractivity contribution in [3.63, 3.8) is 0 Å². The van der Waals surface area contributed by atoms with Crippen molar-refractivity contribution < 1.29 is 31.6 Å². The Balaban J connectivity index is 2.21. The van der Waals surface area contributed by atoms with Crippen LogP contribution in [0.25, 0.3) is 0 Å². The average molecular weight is 469 g/mol. The minimum Gasteiger partial charge on any atom is -0.320 e. The summed E-state index contributed by atoms with van der Waals surface area (Å²) in [5.41, 5.74) is -5.04. The Morgan fingerprint density at radius 3 is 2.31 bits per heavy atom. The van der Waals surface area contributed by atoms with E-state index < -0.39 is 28.8 Å². The molecule has 2 aromatic carbocycles. The molecule has 0 unspecified atom stereocenters. The molecule has 2 rings (SSSR count). The Bertz CT molecular complexity index is 980. The molecule has 0 aliphatic heterocycles. The van der Waals surface area contributed by atoms with E-state index in [2.05, 4.69) is 21.0 Å². The van der Waals surface area contributed by atoms with Crippen molar-refractivity contribution in [1.29, 1.82) is 0 Å². The molecule has 0 aliphatic rings. The molecule has 140 valence electrons. The van der Waals surface area contributed by atoms with E-state index in [1.54, 1.807) is 6.07 Å². The number of nitrogens with zero attached hydrogens (tertiary/aromatic N) is 1. The molecule has 0 saturated heterocycles. The quantitative estimate of drug-likeness (QED) is 0.342. The topological polar surface area (TPSA) is 116 Å². The lowest BCUT2D eigenvalue weighted by Gasteiger charge is -2.19. The van der Waals surface area contributed by atoms with Gasteiger partial charge in [-0.05, 0) is 23.8 Å². The minimum atomic E-state index is -5.70. The highest BCUT2D eigenvalue weighted by Gasteiger charge is 2.51. The minimum absolute atomic E-state index is 0.00466. The van der Waals surface area contributed by atoms with Crippen LogP contribution in [0.3, 0.4) is 0 Å². The fourth-order valence-electron chi connectivity index (χ4n) is 1.84. The Kier molecular flexibility index (Phi) is 5.99. The number of hydrogen-bond donors (Lipinski definition) is 3. The maximum atomic E-state index is 13.7. The molecule has 0 amide bonds. The summed E-state index contributed by atoms with van der Waals surface area (Å²) in [5.74, 6) is 0. The smallest absolute Gasteiger partial charge is 0.320 e. The molecule has 0 aliphatic carbocycles. The molecule has 0 bridgehead atoms. The second-order valence-electron chi connectivity index (χ2n) is 4.99. The fourth-order valence-corrected chi connectivity index (χ4v) is 3.95. The Hall–Kier alpha value is -1.65. The van der Waals surface area contributed by atoms with E-state index in [0.717, 1.165) is 24.4 Å². The van der Waals surface area contributed by atoms with Crippen molar-refractivity contribution in [3.8, 4) is 0 Å². The first-order valence-corrected chi connectivity index (χ1v) is 10.7. The largest absolute Gasteiger partial charge is 0.399 e. The van der Waals surface area contributed by atoms with Crippen LogP contribution in [0.2, 0.25) is 0 Å². The van der Waals surface area contributed by atoms with Gasteiger partial charge in [-0.15, -0.1) is 0 Å². The molecule has 0 fully saturated rings. The number of hydrazone groups is 1. The van der Waals surface area contributed by atoms with Crippen LogP contribution in [0.5, 0.6) is 0 Å². The van der Waals surface area contributed by atoms with Crippen molar-refractivity contribution in [2.45, 2.75) is 10.6 Å². The van der Waals surface area contributed by atoms with Crippen LogP contribution >= 0.6 is 23.5 Å². The van der Waals surface area contributed by atoms with Gasteiger partial charge in [0.15, 0.2) is 0 Å². The number of hydrogen-bond acceptors (Lipinski definition) is 4. The molecule has 0 spiro atoms. The number of halogens is 3. The predicted octanol–water partition coefficient (Wildman–Crippen LogP) is 2.99. The first-order valence-electron chi connectivity index (χ1n) is 6.78. The standard InChI is InChI=1S/C14H12BrF2N2O5PS/c15-13-8-10(6-7-12(13)14(16,17)25(20,21)22)9-18-19-26(23,24)11-4-2-1-3-5-11/h1-9,19H,(H2,20,21,22)/b18-9-. The third kappa shape index (κ3) is 4.54. The summed E-state index contributed by atoms with van der Waals surface area (Å²) < 4.78 is 62.1. The van der Waals surface area contributed by atoms with E-state index in [1.807, 2.05) is 4.83 Å². The molecule has 0 atom stereocenters. The number of nitrogens with one attached hydrogen (secondary N) is 1. The van der Waals surface area contributed by atoms with E-state index >= 15 is 0 Å². The van der Waals surface area contributed by atoms with E-state index in [0.29, 0.717) is 0 Å². The van der Waals surface area contributed by atoms with Gasteiger partial charge in [-0.2, -0.15) is 22.3 Å². The Labute approximate surface area is 156 Å². The number of rotatable bonds is 6. The van der Waals surface area contributed by atoms with Gasteiger partial charge in [0.25, 0.3) is 10.0 Å². The molecule has 3 N–H and O–H groups in total. The normalized spacial score (nSPS) is 13.1.